The van der Waals surface area contributed by atoms with Crippen LogP contribution >= 0.6 is 0 Å². The van der Waals surface area contributed by atoms with Crippen LogP contribution in [0.25, 0.3) is 0 Å². The molecule has 0 bridgehead atoms. The van der Waals surface area contributed by atoms with Crippen molar-refractivity contribution < 1.29 is 9.59 Å². The van der Waals surface area contributed by atoms with Crippen LogP contribution < -0.4 is 5.32 Å². The second-order valence-corrected chi connectivity index (χ2v) is 8.38. The Labute approximate surface area is 173 Å². The highest BCUT2D eigenvalue weighted by molar-refractivity contribution is 5.94. The van der Waals surface area contributed by atoms with Gasteiger partial charge in [0.1, 0.15) is 0 Å². The number of amides is 2. The monoisotopic (exact) mass is 396 g/mol. The Bertz CT molecular complexity index is 862. The number of aryl methyl sites for hydroxylation is 1. The summed E-state index contributed by atoms with van der Waals surface area (Å²) < 4.78 is 2.00. The summed E-state index contributed by atoms with van der Waals surface area (Å²) in [6, 6.07) is 7.54. The first-order chi connectivity index (χ1) is 13.8. The Morgan fingerprint density at radius 2 is 1.76 bits per heavy atom. The number of benzene rings is 1. The zero-order valence-corrected chi connectivity index (χ0v) is 18.0. The Kier molecular flexibility index (Phi) is 6.72. The SMILES string of the molecule is Cc1nn(CC(C)C)c(C)c1CC(=O)NCc1ccc(C(=O)N2CCCC2)cc1. The molecular formula is C23H32N4O2. The molecule has 1 fully saturated rings. The van der Waals surface area contributed by atoms with Gasteiger partial charge in [0.05, 0.1) is 12.1 Å². The Morgan fingerprint density at radius 1 is 1.10 bits per heavy atom. The Morgan fingerprint density at radius 3 is 2.38 bits per heavy atom. The smallest absolute Gasteiger partial charge is 0.253 e. The Balaban J connectivity index is 1.54. The number of nitrogens with one attached hydrogen (secondary N) is 1. The molecule has 3 rings (SSSR count). The molecule has 0 unspecified atom stereocenters. The summed E-state index contributed by atoms with van der Waals surface area (Å²) in [5.41, 5.74) is 4.69. The zero-order valence-electron chi connectivity index (χ0n) is 18.0. The highest BCUT2D eigenvalue weighted by atomic mass is 16.2. The molecule has 1 aliphatic rings. The van der Waals surface area contributed by atoms with Crippen LogP contribution in [-0.4, -0.2) is 39.6 Å². The Hall–Kier alpha value is -2.63. The minimum atomic E-state index is -0.0162. The van der Waals surface area contributed by atoms with Gasteiger partial charge >= 0.3 is 0 Å². The number of rotatable bonds is 7. The topological polar surface area (TPSA) is 67.2 Å². The number of hydrogen-bond donors (Lipinski definition) is 1. The predicted octanol–water partition coefficient (Wildman–Crippen LogP) is 3.25. The van der Waals surface area contributed by atoms with E-state index in [0.29, 0.717) is 24.4 Å². The van der Waals surface area contributed by atoms with Crippen molar-refractivity contribution in [3.05, 3.63) is 52.3 Å². The summed E-state index contributed by atoms with van der Waals surface area (Å²) in [5.74, 6) is 0.593. The number of carbonyl (C=O) groups excluding carboxylic acids is 2. The lowest BCUT2D eigenvalue weighted by molar-refractivity contribution is -0.120. The van der Waals surface area contributed by atoms with E-state index in [1.807, 2.05) is 47.7 Å². The number of nitrogens with zero attached hydrogens (tertiary/aromatic N) is 3. The third-order valence-corrected chi connectivity index (χ3v) is 5.49. The van der Waals surface area contributed by atoms with Crippen molar-refractivity contribution in [3.63, 3.8) is 0 Å². The van der Waals surface area contributed by atoms with Gasteiger partial charge in [0.25, 0.3) is 5.91 Å². The summed E-state index contributed by atoms with van der Waals surface area (Å²) in [7, 11) is 0. The third-order valence-electron chi connectivity index (χ3n) is 5.49. The summed E-state index contributed by atoms with van der Waals surface area (Å²) in [6.45, 7) is 11.3. The largest absolute Gasteiger partial charge is 0.352 e. The first-order valence-electron chi connectivity index (χ1n) is 10.5. The van der Waals surface area contributed by atoms with Crippen molar-refractivity contribution >= 4 is 11.8 Å². The van der Waals surface area contributed by atoms with E-state index in [0.717, 1.165) is 55.0 Å². The van der Waals surface area contributed by atoms with Crippen molar-refractivity contribution in [3.8, 4) is 0 Å². The van der Waals surface area contributed by atoms with E-state index in [1.165, 1.54) is 0 Å². The second kappa shape index (κ2) is 9.25. The molecule has 1 aliphatic heterocycles. The van der Waals surface area contributed by atoms with Crippen molar-refractivity contribution in [2.45, 2.75) is 60.0 Å². The molecule has 0 atom stereocenters. The molecular weight excluding hydrogens is 364 g/mol. The first kappa shape index (κ1) is 21.1. The molecule has 6 heteroatoms. The second-order valence-electron chi connectivity index (χ2n) is 8.38. The molecule has 0 saturated carbocycles. The maximum absolute atomic E-state index is 12.5. The number of carbonyl (C=O) groups is 2. The van der Waals surface area contributed by atoms with Crippen molar-refractivity contribution in [1.82, 2.24) is 20.0 Å². The van der Waals surface area contributed by atoms with Crippen molar-refractivity contribution in [1.29, 1.82) is 0 Å². The molecule has 1 aromatic carbocycles. The molecule has 6 nitrogen and oxygen atoms in total. The molecule has 0 aliphatic carbocycles. The summed E-state index contributed by atoms with van der Waals surface area (Å²) >= 11 is 0. The number of aromatic nitrogens is 2. The molecule has 2 aromatic rings. The number of hydrogen-bond acceptors (Lipinski definition) is 3. The highest BCUT2D eigenvalue weighted by Crippen LogP contribution is 2.16. The van der Waals surface area contributed by atoms with Gasteiger partial charge in [-0.05, 0) is 50.3 Å². The van der Waals surface area contributed by atoms with E-state index in [1.54, 1.807) is 0 Å². The van der Waals surface area contributed by atoms with Gasteiger partial charge in [-0.15, -0.1) is 0 Å². The molecule has 1 N–H and O–H groups in total. The van der Waals surface area contributed by atoms with Crippen LogP contribution in [-0.2, 0) is 24.3 Å². The summed E-state index contributed by atoms with van der Waals surface area (Å²) in [4.78, 5) is 26.8. The maximum Gasteiger partial charge on any atom is 0.253 e. The fourth-order valence-electron chi connectivity index (χ4n) is 3.81. The minimum absolute atomic E-state index is 0.0162. The highest BCUT2D eigenvalue weighted by Gasteiger charge is 2.19. The van der Waals surface area contributed by atoms with E-state index < -0.39 is 0 Å². The van der Waals surface area contributed by atoms with Crippen LogP contribution in [0.15, 0.2) is 24.3 Å². The lowest BCUT2D eigenvalue weighted by atomic mass is 10.1. The van der Waals surface area contributed by atoms with Crippen LogP contribution in [0.4, 0.5) is 0 Å². The van der Waals surface area contributed by atoms with Gasteiger partial charge in [-0.1, -0.05) is 26.0 Å². The number of likely N-dealkylation sites (tertiary alicyclic amines) is 1. The van der Waals surface area contributed by atoms with E-state index in [2.05, 4.69) is 24.3 Å². The fourth-order valence-corrected chi connectivity index (χ4v) is 3.81. The lowest BCUT2D eigenvalue weighted by Crippen LogP contribution is -2.27. The lowest BCUT2D eigenvalue weighted by Gasteiger charge is -2.15. The average Bonchev–Trinajstić information content (AvgIpc) is 3.31. The molecule has 0 spiro atoms. The normalized spacial score (nSPS) is 13.9. The summed E-state index contributed by atoms with van der Waals surface area (Å²) in [6.07, 6.45) is 2.51. The molecule has 156 valence electrons. The van der Waals surface area contributed by atoms with Crippen LogP contribution in [0, 0.1) is 19.8 Å². The standard InChI is InChI=1S/C23H32N4O2/c1-16(2)15-27-18(4)21(17(3)25-27)13-22(28)24-14-19-7-9-20(10-8-19)23(29)26-11-5-6-12-26/h7-10,16H,5-6,11-15H2,1-4H3,(H,24,28). The van der Waals surface area contributed by atoms with Gasteiger partial charge in [-0.25, -0.2) is 0 Å². The van der Waals surface area contributed by atoms with Crippen LogP contribution in [0.3, 0.4) is 0 Å². The van der Waals surface area contributed by atoms with E-state index in [9.17, 15) is 9.59 Å². The van der Waals surface area contributed by atoms with Gasteiger partial charge in [0.2, 0.25) is 5.91 Å². The minimum Gasteiger partial charge on any atom is -0.352 e. The van der Waals surface area contributed by atoms with Gasteiger partial charge < -0.3 is 10.2 Å². The molecule has 2 amide bonds. The van der Waals surface area contributed by atoms with Gasteiger partial charge in [0.15, 0.2) is 0 Å². The molecule has 29 heavy (non-hydrogen) atoms. The zero-order chi connectivity index (χ0) is 21.0. The maximum atomic E-state index is 12.5. The van der Waals surface area contributed by atoms with Crippen LogP contribution in [0.5, 0.6) is 0 Å². The molecule has 0 radical (unpaired) electrons. The van der Waals surface area contributed by atoms with E-state index >= 15 is 0 Å². The molecule has 1 saturated heterocycles. The van der Waals surface area contributed by atoms with E-state index in [-0.39, 0.29) is 11.8 Å². The van der Waals surface area contributed by atoms with Gasteiger partial charge in [-0.2, -0.15) is 5.10 Å². The van der Waals surface area contributed by atoms with E-state index in [4.69, 9.17) is 0 Å². The van der Waals surface area contributed by atoms with Crippen molar-refractivity contribution in [2.24, 2.45) is 5.92 Å². The van der Waals surface area contributed by atoms with Gasteiger partial charge in [0, 0.05) is 43.0 Å². The predicted molar refractivity (Wildman–Crippen MR) is 114 cm³/mol. The van der Waals surface area contributed by atoms with Crippen LogP contribution in [0.1, 0.15) is 59.6 Å². The fraction of sp³-hybridized carbons (Fsp3) is 0.522. The third kappa shape index (κ3) is 5.25. The molecule has 2 heterocycles. The first-order valence-corrected chi connectivity index (χ1v) is 10.5. The average molecular weight is 397 g/mol. The molecule has 1 aromatic heterocycles. The van der Waals surface area contributed by atoms with Crippen molar-refractivity contribution in [2.75, 3.05) is 13.1 Å². The van der Waals surface area contributed by atoms with Gasteiger partial charge in [-0.3, -0.25) is 14.3 Å². The summed E-state index contributed by atoms with van der Waals surface area (Å²) in [5, 5.41) is 7.57. The quantitative estimate of drug-likeness (QED) is 0.781. The van der Waals surface area contributed by atoms with Crippen LogP contribution in [0.2, 0.25) is 0 Å².